The summed E-state index contributed by atoms with van der Waals surface area (Å²) in [6.07, 6.45) is 2.73. The van der Waals surface area contributed by atoms with E-state index < -0.39 is 0 Å². The Hall–Kier alpha value is -0.320. The molecule has 2 aliphatic rings. The summed E-state index contributed by atoms with van der Waals surface area (Å²) >= 11 is 3.36. The smallest absolute Gasteiger partial charge is 0.169 e. The Labute approximate surface area is 111 Å². The summed E-state index contributed by atoms with van der Waals surface area (Å²) in [7, 11) is 0. The van der Waals surface area contributed by atoms with E-state index in [1.807, 2.05) is 6.07 Å². The average molecular weight is 299 g/mol. The molecular weight excluding hydrogens is 280 g/mol. The molecule has 0 spiro atoms. The van der Waals surface area contributed by atoms with E-state index in [0.29, 0.717) is 6.04 Å². The van der Waals surface area contributed by atoms with Crippen LogP contribution in [0.3, 0.4) is 0 Å². The number of piperazine rings is 1. The van der Waals surface area contributed by atoms with Crippen LogP contribution in [0.25, 0.3) is 0 Å². The molecule has 1 aromatic heterocycles. The Kier molecular flexibility index (Phi) is 3.28. The van der Waals surface area contributed by atoms with E-state index in [1.165, 1.54) is 25.9 Å². The van der Waals surface area contributed by atoms with Gasteiger partial charge >= 0.3 is 0 Å². The number of hydrogen-bond acceptors (Lipinski definition) is 3. The van der Waals surface area contributed by atoms with Gasteiger partial charge in [-0.15, -0.1) is 0 Å². The van der Waals surface area contributed by atoms with Crippen molar-refractivity contribution >= 4 is 15.9 Å². The van der Waals surface area contributed by atoms with Crippen molar-refractivity contribution < 1.29 is 4.42 Å². The standard InChI is InChI=1S/C13H19BrN2O/c1-10-12-3-2-6-15(12)7-8-16(10)9-11-4-5-13(14)17-11/h4-5,10,12H,2-3,6-9H2,1H3/t10-,12-/m1/s1. The van der Waals surface area contributed by atoms with E-state index in [2.05, 4.69) is 38.7 Å². The third kappa shape index (κ3) is 2.30. The van der Waals surface area contributed by atoms with Crippen LogP contribution < -0.4 is 0 Å². The van der Waals surface area contributed by atoms with Gasteiger partial charge in [-0.3, -0.25) is 9.80 Å². The fourth-order valence-corrected chi connectivity index (χ4v) is 3.58. The third-order valence-corrected chi connectivity index (χ3v) is 4.64. The van der Waals surface area contributed by atoms with E-state index >= 15 is 0 Å². The van der Waals surface area contributed by atoms with Crippen LogP contribution in [0.1, 0.15) is 25.5 Å². The van der Waals surface area contributed by atoms with Gasteiger partial charge in [-0.25, -0.2) is 0 Å². The molecule has 3 heterocycles. The maximum absolute atomic E-state index is 5.61. The van der Waals surface area contributed by atoms with Gasteiger partial charge in [-0.2, -0.15) is 0 Å². The van der Waals surface area contributed by atoms with Gasteiger partial charge in [0.1, 0.15) is 5.76 Å². The van der Waals surface area contributed by atoms with E-state index in [-0.39, 0.29) is 0 Å². The zero-order valence-electron chi connectivity index (χ0n) is 10.2. The van der Waals surface area contributed by atoms with Gasteiger partial charge in [0.15, 0.2) is 4.67 Å². The van der Waals surface area contributed by atoms with Crippen LogP contribution in [0.4, 0.5) is 0 Å². The van der Waals surface area contributed by atoms with Crippen molar-refractivity contribution in [1.82, 2.24) is 9.80 Å². The lowest BCUT2D eigenvalue weighted by Gasteiger charge is -2.42. The molecule has 2 atom stereocenters. The molecule has 2 fully saturated rings. The molecule has 2 aliphatic heterocycles. The average Bonchev–Trinajstić information content (AvgIpc) is 2.92. The molecule has 0 saturated carbocycles. The Morgan fingerprint density at radius 1 is 1.35 bits per heavy atom. The maximum Gasteiger partial charge on any atom is 0.169 e. The molecule has 0 aromatic carbocycles. The van der Waals surface area contributed by atoms with Crippen molar-refractivity contribution in [1.29, 1.82) is 0 Å². The van der Waals surface area contributed by atoms with Crippen LogP contribution in [0.5, 0.6) is 0 Å². The largest absolute Gasteiger partial charge is 0.453 e. The summed E-state index contributed by atoms with van der Waals surface area (Å²) in [6, 6.07) is 5.46. The molecule has 3 nitrogen and oxygen atoms in total. The molecule has 2 saturated heterocycles. The topological polar surface area (TPSA) is 19.6 Å². The summed E-state index contributed by atoms with van der Waals surface area (Å²) in [5, 5.41) is 0. The van der Waals surface area contributed by atoms with E-state index in [0.717, 1.165) is 29.6 Å². The molecule has 0 N–H and O–H groups in total. The van der Waals surface area contributed by atoms with Gasteiger partial charge in [-0.05, 0) is 54.4 Å². The second-order valence-electron chi connectivity index (χ2n) is 5.16. The summed E-state index contributed by atoms with van der Waals surface area (Å²) in [4.78, 5) is 5.21. The SMILES string of the molecule is C[C@@H]1[C@H]2CCCN2CCN1Cc1ccc(Br)o1. The van der Waals surface area contributed by atoms with E-state index in [1.54, 1.807) is 0 Å². The molecule has 17 heavy (non-hydrogen) atoms. The van der Waals surface area contributed by atoms with Crippen LogP contribution >= 0.6 is 15.9 Å². The van der Waals surface area contributed by atoms with Crippen molar-refractivity contribution in [3.8, 4) is 0 Å². The number of halogens is 1. The van der Waals surface area contributed by atoms with Crippen LogP contribution in [-0.2, 0) is 6.54 Å². The first-order valence-corrected chi connectivity index (χ1v) is 7.25. The first-order chi connectivity index (χ1) is 8.24. The van der Waals surface area contributed by atoms with Crippen molar-refractivity contribution in [3.63, 3.8) is 0 Å². The first kappa shape index (κ1) is 11.8. The van der Waals surface area contributed by atoms with E-state index in [4.69, 9.17) is 4.42 Å². The monoisotopic (exact) mass is 298 g/mol. The number of fused-ring (bicyclic) bond motifs is 1. The van der Waals surface area contributed by atoms with Crippen molar-refractivity contribution in [2.75, 3.05) is 19.6 Å². The van der Waals surface area contributed by atoms with Gasteiger partial charge in [0, 0.05) is 25.2 Å². The van der Waals surface area contributed by atoms with Gasteiger partial charge in [0.2, 0.25) is 0 Å². The number of nitrogens with zero attached hydrogens (tertiary/aromatic N) is 2. The quantitative estimate of drug-likeness (QED) is 0.837. The zero-order valence-corrected chi connectivity index (χ0v) is 11.8. The molecule has 0 radical (unpaired) electrons. The molecule has 1 aromatic rings. The highest BCUT2D eigenvalue weighted by Crippen LogP contribution is 2.28. The Morgan fingerprint density at radius 3 is 3.00 bits per heavy atom. The molecule has 0 bridgehead atoms. The van der Waals surface area contributed by atoms with Crippen molar-refractivity contribution in [2.24, 2.45) is 0 Å². The molecule has 0 aliphatic carbocycles. The number of hydrogen-bond donors (Lipinski definition) is 0. The van der Waals surface area contributed by atoms with Crippen LogP contribution in [-0.4, -0.2) is 41.5 Å². The number of furan rings is 1. The lowest BCUT2D eigenvalue weighted by Crippen LogP contribution is -2.55. The van der Waals surface area contributed by atoms with Crippen LogP contribution in [0.2, 0.25) is 0 Å². The summed E-state index contributed by atoms with van der Waals surface area (Å²) in [5.74, 6) is 1.06. The number of rotatable bonds is 2. The summed E-state index contributed by atoms with van der Waals surface area (Å²) in [6.45, 7) is 6.99. The Bertz CT molecular complexity index is 393. The predicted octanol–water partition coefficient (Wildman–Crippen LogP) is 2.71. The minimum absolute atomic E-state index is 0.648. The minimum Gasteiger partial charge on any atom is -0.453 e. The zero-order chi connectivity index (χ0) is 11.8. The second-order valence-corrected chi connectivity index (χ2v) is 5.94. The highest BCUT2D eigenvalue weighted by Gasteiger charge is 2.36. The third-order valence-electron chi connectivity index (χ3n) is 4.21. The fraction of sp³-hybridized carbons (Fsp3) is 0.692. The van der Waals surface area contributed by atoms with Crippen LogP contribution in [0, 0.1) is 0 Å². The van der Waals surface area contributed by atoms with Crippen molar-refractivity contribution in [3.05, 3.63) is 22.6 Å². The highest BCUT2D eigenvalue weighted by atomic mass is 79.9. The molecule has 94 valence electrons. The van der Waals surface area contributed by atoms with Crippen LogP contribution in [0.15, 0.2) is 21.2 Å². The molecule has 0 unspecified atom stereocenters. The lowest BCUT2D eigenvalue weighted by atomic mass is 10.0. The molecule has 3 rings (SSSR count). The van der Waals surface area contributed by atoms with Gasteiger partial charge in [0.25, 0.3) is 0 Å². The van der Waals surface area contributed by atoms with Crippen molar-refractivity contribution in [2.45, 2.75) is 38.4 Å². The van der Waals surface area contributed by atoms with E-state index in [9.17, 15) is 0 Å². The van der Waals surface area contributed by atoms with Gasteiger partial charge in [0.05, 0.1) is 6.54 Å². The lowest BCUT2D eigenvalue weighted by molar-refractivity contribution is 0.0424. The second kappa shape index (κ2) is 4.75. The molecular formula is C13H19BrN2O. The first-order valence-electron chi connectivity index (χ1n) is 6.46. The minimum atomic E-state index is 0.648. The molecule has 4 heteroatoms. The highest BCUT2D eigenvalue weighted by molar-refractivity contribution is 9.10. The Balaban J connectivity index is 1.67. The summed E-state index contributed by atoms with van der Waals surface area (Å²) < 4.78 is 6.44. The maximum atomic E-state index is 5.61. The fourth-order valence-electron chi connectivity index (χ4n) is 3.24. The van der Waals surface area contributed by atoms with Gasteiger partial charge in [-0.1, -0.05) is 0 Å². The Morgan fingerprint density at radius 2 is 2.24 bits per heavy atom. The molecule has 0 amide bonds. The summed E-state index contributed by atoms with van der Waals surface area (Å²) in [5.41, 5.74) is 0. The van der Waals surface area contributed by atoms with Gasteiger partial charge < -0.3 is 4.42 Å². The normalized spacial score (nSPS) is 30.7. The predicted molar refractivity (Wildman–Crippen MR) is 70.9 cm³/mol.